The summed E-state index contributed by atoms with van der Waals surface area (Å²) >= 11 is 3.79. The Morgan fingerprint density at radius 3 is 2.50 bits per heavy atom. The highest BCUT2D eigenvalue weighted by Gasteiger charge is 2.15. The predicted molar refractivity (Wildman–Crippen MR) is 73.0 cm³/mol. The van der Waals surface area contributed by atoms with E-state index in [4.69, 9.17) is 4.74 Å². The molecule has 2 unspecified atom stereocenters. The van der Waals surface area contributed by atoms with Crippen molar-refractivity contribution in [2.45, 2.75) is 31.0 Å². The van der Waals surface area contributed by atoms with E-state index in [1.807, 2.05) is 0 Å². The van der Waals surface area contributed by atoms with Gasteiger partial charge in [-0.25, -0.2) is 0 Å². The Balaban J connectivity index is 2.33. The molecule has 1 aromatic rings. The number of halogens is 1. The van der Waals surface area contributed by atoms with Gasteiger partial charge in [-0.3, -0.25) is 0 Å². The summed E-state index contributed by atoms with van der Waals surface area (Å²) in [5.74, 6) is 0.666. The smallest absolute Gasteiger partial charge is 0.0462 e. The van der Waals surface area contributed by atoms with Crippen molar-refractivity contribution in [1.82, 2.24) is 0 Å². The van der Waals surface area contributed by atoms with Gasteiger partial charge in [0.15, 0.2) is 0 Å². The number of ether oxygens (including phenoxy) is 1. The minimum atomic E-state index is 0.469. The molecule has 1 rings (SSSR count). The van der Waals surface area contributed by atoms with E-state index in [9.17, 15) is 0 Å². The number of benzene rings is 1. The maximum Gasteiger partial charge on any atom is 0.0462 e. The molecule has 0 bridgehead atoms. The van der Waals surface area contributed by atoms with Crippen molar-refractivity contribution in [2.24, 2.45) is 5.92 Å². The summed E-state index contributed by atoms with van der Waals surface area (Å²) in [4.78, 5) is 0.469. The van der Waals surface area contributed by atoms with Gasteiger partial charge in [0.05, 0.1) is 0 Å². The van der Waals surface area contributed by atoms with E-state index in [1.165, 1.54) is 18.4 Å². The van der Waals surface area contributed by atoms with Crippen LogP contribution in [0, 0.1) is 5.92 Å². The van der Waals surface area contributed by atoms with Gasteiger partial charge in [0.25, 0.3) is 0 Å². The fraction of sp³-hybridized carbons (Fsp3) is 0.571. The van der Waals surface area contributed by atoms with E-state index in [2.05, 4.69) is 53.2 Å². The number of hydrogen-bond donors (Lipinski definition) is 0. The molecule has 2 heteroatoms. The lowest BCUT2D eigenvalue weighted by molar-refractivity contribution is 0.190. The van der Waals surface area contributed by atoms with E-state index >= 15 is 0 Å². The molecule has 0 heterocycles. The van der Waals surface area contributed by atoms with E-state index in [1.54, 1.807) is 7.11 Å². The van der Waals surface area contributed by atoms with Gasteiger partial charge in [0.1, 0.15) is 0 Å². The van der Waals surface area contributed by atoms with Crippen molar-refractivity contribution in [2.75, 3.05) is 13.7 Å². The third-order valence-corrected chi connectivity index (χ3v) is 4.31. The zero-order valence-electron chi connectivity index (χ0n) is 10.2. The van der Waals surface area contributed by atoms with Gasteiger partial charge in [0.2, 0.25) is 0 Å². The molecule has 0 saturated carbocycles. The lowest BCUT2D eigenvalue weighted by Gasteiger charge is -2.18. The summed E-state index contributed by atoms with van der Waals surface area (Å²) in [6.07, 6.45) is 3.65. The van der Waals surface area contributed by atoms with Crippen molar-refractivity contribution in [3.05, 3.63) is 35.9 Å². The Bertz CT molecular complexity index is 273. The Hall–Kier alpha value is -0.340. The molecule has 90 valence electrons. The van der Waals surface area contributed by atoms with Gasteiger partial charge < -0.3 is 4.74 Å². The SMILES string of the molecule is COCCCCC(C)C(Br)c1ccccc1. The van der Waals surface area contributed by atoms with Crippen LogP contribution in [0.3, 0.4) is 0 Å². The second-order valence-corrected chi connectivity index (χ2v) is 5.26. The highest BCUT2D eigenvalue weighted by atomic mass is 79.9. The molecule has 0 aromatic heterocycles. The maximum atomic E-state index is 5.06. The molecule has 0 aliphatic heterocycles. The summed E-state index contributed by atoms with van der Waals surface area (Å²) in [5, 5.41) is 0. The maximum absolute atomic E-state index is 5.06. The lowest BCUT2D eigenvalue weighted by atomic mass is 9.96. The molecule has 2 atom stereocenters. The minimum absolute atomic E-state index is 0.469. The zero-order chi connectivity index (χ0) is 11.8. The molecule has 1 nitrogen and oxygen atoms in total. The van der Waals surface area contributed by atoms with Crippen LogP contribution < -0.4 is 0 Å². The van der Waals surface area contributed by atoms with Gasteiger partial charge in [0, 0.05) is 18.5 Å². The van der Waals surface area contributed by atoms with E-state index in [-0.39, 0.29) is 0 Å². The topological polar surface area (TPSA) is 9.23 Å². The van der Waals surface area contributed by atoms with Crippen molar-refractivity contribution < 1.29 is 4.74 Å². The van der Waals surface area contributed by atoms with Crippen LogP contribution in [0.2, 0.25) is 0 Å². The van der Waals surface area contributed by atoms with Gasteiger partial charge in [-0.15, -0.1) is 0 Å². The van der Waals surface area contributed by atoms with Crippen LogP contribution in [0.1, 0.15) is 36.6 Å². The fourth-order valence-electron chi connectivity index (χ4n) is 1.82. The zero-order valence-corrected chi connectivity index (χ0v) is 11.7. The predicted octanol–water partition coefficient (Wildman–Crippen LogP) is 4.58. The molecular weight excluding hydrogens is 264 g/mol. The highest BCUT2D eigenvalue weighted by Crippen LogP contribution is 2.33. The fourth-order valence-corrected chi connectivity index (χ4v) is 2.39. The van der Waals surface area contributed by atoms with Crippen molar-refractivity contribution in [3.8, 4) is 0 Å². The van der Waals surface area contributed by atoms with Gasteiger partial charge >= 0.3 is 0 Å². The lowest BCUT2D eigenvalue weighted by Crippen LogP contribution is -2.04. The molecule has 16 heavy (non-hydrogen) atoms. The summed E-state index contributed by atoms with van der Waals surface area (Å²) in [5.41, 5.74) is 1.38. The number of hydrogen-bond acceptors (Lipinski definition) is 1. The Morgan fingerprint density at radius 1 is 1.19 bits per heavy atom. The second kappa shape index (κ2) is 7.86. The van der Waals surface area contributed by atoms with Gasteiger partial charge in [-0.05, 0) is 24.3 Å². The standard InChI is InChI=1S/C14H21BrO/c1-12(8-6-7-11-16-2)14(15)13-9-4-3-5-10-13/h3-5,9-10,12,14H,6-8,11H2,1-2H3. The highest BCUT2D eigenvalue weighted by molar-refractivity contribution is 9.09. The van der Waals surface area contributed by atoms with Crippen LogP contribution >= 0.6 is 15.9 Å². The summed E-state index contributed by atoms with van der Waals surface area (Å²) in [6, 6.07) is 10.6. The summed E-state index contributed by atoms with van der Waals surface area (Å²) in [7, 11) is 1.76. The van der Waals surface area contributed by atoms with Crippen LogP contribution in [0.25, 0.3) is 0 Å². The average molecular weight is 285 g/mol. The third-order valence-electron chi connectivity index (χ3n) is 2.88. The molecule has 0 fully saturated rings. The molecule has 0 radical (unpaired) electrons. The van der Waals surface area contributed by atoms with E-state index < -0.39 is 0 Å². The second-order valence-electron chi connectivity index (χ2n) is 4.28. The van der Waals surface area contributed by atoms with Crippen LogP contribution in [-0.4, -0.2) is 13.7 Å². The molecule has 0 aliphatic carbocycles. The molecule has 0 amide bonds. The first-order chi connectivity index (χ1) is 7.75. The number of methoxy groups -OCH3 is 1. The van der Waals surface area contributed by atoms with Crippen molar-refractivity contribution in [3.63, 3.8) is 0 Å². The first kappa shape index (κ1) is 13.7. The van der Waals surface area contributed by atoms with Crippen LogP contribution in [0.5, 0.6) is 0 Å². The normalized spacial score (nSPS) is 14.7. The van der Waals surface area contributed by atoms with Crippen molar-refractivity contribution >= 4 is 15.9 Å². The van der Waals surface area contributed by atoms with Gasteiger partial charge in [-0.2, -0.15) is 0 Å². The van der Waals surface area contributed by atoms with Crippen LogP contribution in [0.4, 0.5) is 0 Å². The van der Waals surface area contributed by atoms with Gasteiger partial charge in [-0.1, -0.05) is 59.6 Å². The third kappa shape index (κ3) is 4.67. The van der Waals surface area contributed by atoms with Crippen LogP contribution in [-0.2, 0) is 4.74 Å². The molecule has 0 N–H and O–H groups in total. The molecule has 0 spiro atoms. The Morgan fingerprint density at radius 2 is 1.88 bits per heavy atom. The largest absolute Gasteiger partial charge is 0.385 e. The molecule has 0 aliphatic rings. The first-order valence-electron chi connectivity index (χ1n) is 5.93. The number of rotatable bonds is 7. The van der Waals surface area contributed by atoms with Crippen LogP contribution in [0.15, 0.2) is 30.3 Å². The quantitative estimate of drug-likeness (QED) is 0.526. The first-order valence-corrected chi connectivity index (χ1v) is 6.85. The monoisotopic (exact) mass is 284 g/mol. The molecule has 0 saturated heterocycles. The Kier molecular flexibility index (Phi) is 6.74. The van der Waals surface area contributed by atoms with Crippen molar-refractivity contribution in [1.29, 1.82) is 0 Å². The Labute approximate surface area is 107 Å². The minimum Gasteiger partial charge on any atom is -0.385 e. The summed E-state index contributed by atoms with van der Waals surface area (Å²) in [6.45, 7) is 3.18. The summed E-state index contributed by atoms with van der Waals surface area (Å²) < 4.78 is 5.06. The number of alkyl halides is 1. The van der Waals surface area contributed by atoms with E-state index in [0.29, 0.717) is 10.7 Å². The molecule has 1 aromatic carbocycles. The average Bonchev–Trinajstić information content (AvgIpc) is 2.34. The molecular formula is C14H21BrO. The van der Waals surface area contributed by atoms with E-state index in [0.717, 1.165) is 13.0 Å². The number of unbranched alkanes of at least 4 members (excludes halogenated alkanes) is 1.